The van der Waals surface area contributed by atoms with Crippen LogP contribution in [0.3, 0.4) is 0 Å². The summed E-state index contributed by atoms with van der Waals surface area (Å²) < 4.78 is 52.1. The molecule has 176 valence electrons. The average molecular weight is 502 g/mol. The van der Waals surface area contributed by atoms with Gasteiger partial charge in [0.15, 0.2) is 5.17 Å². The summed E-state index contributed by atoms with van der Waals surface area (Å²) in [4.78, 5) is 31.4. The van der Waals surface area contributed by atoms with E-state index in [0.717, 1.165) is 30.0 Å². The third-order valence-corrected chi connectivity index (χ3v) is 6.06. The van der Waals surface area contributed by atoms with Gasteiger partial charge in [-0.2, -0.15) is 13.2 Å². The molecule has 0 spiro atoms. The number of hydrogen-bond donors (Lipinski definition) is 1. The molecule has 0 aromatic heterocycles. The number of anilines is 1. The second-order valence-corrected chi connectivity index (χ2v) is 9.34. The molecular weight excluding hydrogens is 482 g/mol. The average Bonchev–Trinajstić information content (AvgIpc) is 2.98. The third kappa shape index (κ3) is 6.48. The van der Waals surface area contributed by atoms with E-state index in [1.165, 1.54) is 29.2 Å². The number of nitrogens with zero attached hydrogens (tertiary/aromatic N) is 2. The molecule has 11 heteroatoms. The Bertz CT molecular complexity index is 1070. The van der Waals surface area contributed by atoms with Crippen molar-refractivity contribution in [3.8, 4) is 0 Å². The zero-order chi connectivity index (χ0) is 24.3. The summed E-state index contributed by atoms with van der Waals surface area (Å²) in [5.41, 5.74) is -0.696. The molecule has 2 amide bonds. The van der Waals surface area contributed by atoms with Crippen LogP contribution in [0.2, 0.25) is 5.02 Å². The Hall–Kier alpha value is -2.59. The predicted octanol–water partition coefficient (Wildman–Crippen LogP) is 6.11. The fraction of sp³-hybridized carbons (Fsp3) is 0.318. The molecule has 2 aromatic rings. The van der Waals surface area contributed by atoms with Gasteiger partial charge in [-0.05, 0) is 48.4 Å². The summed E-state index contributed by atoms with van der Waals surface area (Å²) in [5.74, 6) is -1.30. The van der Waals surface area contributed by atoms with Crippen molar-refractivity contribution in [2.24, 2.45) is 10.9 Å². The predicted molar refractivity (Wildman–Crippen MR) is 121 cm³/mol. The molecule has 1 N–H and O–H groups in total. The van der Waals surface area contributed by atoms with Crippen molar-refractivity contribution in [2.75, 3.05) is 11.9 Å². The van der Waals surface area contributed by atoms with Crippen molar-refractivity contribution in [1.29, 1.82) is 0 Å². The van der Waals surface area contributed by atoms with Gasteiger partial charge in [0, 0.05) is 13.0 Å². The Labute approximate surface area is 197 Å². The summed E-state index contributed by atoms with van der Waals surface area (Å²) >= 11 is 7.01. The van der Waals surface area contributed by atoms with Crippen LogP contribution in [-0.4, -0.2) is 33.7 Å². The summed E-state index contributed by atoms with van der Waals surface area (Å²) in [6.45, 7) is 4.20. The van der Waals surface area contributed by atoms with Gasteiger partial charge in [0.05, 0.1) is 22.0 Å². The van der Waals surface area contributed by atoms with Gasteiger partial charge in [-0.3, -0.25) is 14.5 Å². The van der Waals surface area contributed by atoms with Gasteiger partial charge < -0.3 is 5.32 Å². The lowest BCUT2D eigenvalue weighted by atomic mass is 10.1. The normalized spacial score (nSPS) is 17.8. The van der Waals surface area contributed by atoms with Gasteiger partial charge in [-0.15, -0.1) is 0 Å². The molecule has 0 radical (unpaired) electrons. The van der Waals surface area contributed by atoms with E-state index in [-0.39, 0.29) is 29.0 Å². The number of carbonyl (C=O) groups excluding carboxylic acids is 2. The van der Waals surface area contributed by atoms with E-state index < -0.39 is 28.7 Å². The highest BCUT2D eigenvalue weighted by atomic mass is 35.5. The molecular formula is C22H20ClF4N3O2S. The molecule has 1 fully saturated rings. The van der Waals surface area contributed by atoms with Crippen LogP contribution in [0, 0.1) is 11.7 Å². The standard InChI is InChI=1S/C22H20ClF4N3O2S/c1-12(2)11-30-20(32)18(33-21(30)28-15-6-4-14(24)5-7-15)10-19(31)29-17-9-13(22(25,26)27)3-8-16(17)23/h3-9,12,18H,10-11H2,1-2H3,(H,29,31). The van der Waals surface area contributed by atoms with E-state index in [4.69, 9.17) is 11.6 Å². The number of alkyl halides is 3. The number of rotatable bonds is 6. The maximum atomic E-state index is 13.2. The van der Waals surface area contributed by atoms with Crippen molar-refractivity contribution < 1.29 is 27.2 Å². The molecule has 1 aliphatic heterocycles. The highest BCUT2D eigenvalue weighted by Gasteiger charge is 2.39. The summed E-state index contributed by atoms with van der Waals surface area (Å²) in [6.07, 6.45) is -4.88. The number of benzene rings is 2. The van der Waals surface area contributed by atoms with Gasteiger partial charge in [0.25, 0.3) is 0 Å². The Kier molecular flexibility index (Phi) is 7.69. The Balaban J connectivity index is 1.77. The molecule has 0 saturated carbocycles. The van der Waals surface area contributed by atoms with Crippen LogP contribution >= 0.6 is 23.4 Å². The first-order chi connectivity index (χ1) is 15.4. The van der Waals surface area contributed by atoms with Crippen molar-refractivity contribution in [2.45, 2.75) is 31.7 Å². The molecule has 1 unspecified atom stereocenters. The van der Waals surface area contributed by atoms with E-state index in [0.29, 0.717) is 17.4 Å². The first-order valence-corrected chi connectivity index (χ1v) is 11.2. The zero-order valence-electron chi connectivity index (χ0n) is 17.6. The van der Waals surface area contributed by atoms with Gasteiger partial charge >= 0.3 is 6.18 Å². The number of halogens is 5. The van der Waals surface area contributed by atoms with Gasteiger partial charge in [0.1, 0.15) is 11.1 Å². The molecule has 2 aromatic carbocycles. The molecule has 0 bridgehead atoms. The molecule has 33 heavy (non-hydrogen) atoms. The maximum Gasteiger partial charge on any atom is 0.416 e. The SMILES string of the molecule is CC(C)CN1C(=O)C(CC(=O)Nc2cc(C(F)(F)F)ccc2Cl)SC1=Nc1ccc(F)cc1. The molecule has 1 heterocycles. The highest BCUT2D eigenvalue weighted by molar-refractivity contribution is 8.15. The van der Waals surface area contributed by atoms with E-state index in [9.17, 15) is 27.2 Å². The Morgan fingerprint density at radius 3 is 2.48 bits per heavy atom. The first-order valence-electron chi connectivity index (χ1n) is 9.93. The highest BCUT2D eigenvalue weighted by Crippen LogP contribution is 2.35. The molecule has 1 aliphatic rings. The molecule has 1 atom stereocenters. The van der Waals surface area contributed by atoms with Gasteiger partial charge in [-0.1, -0.05) is 37.2 Å². The molecule has 0 aliphatic carbocycles. The third-order valence-electron chi connectivity index (χ3n) is 4.56. The van der Waals surface area contributed by atoms with E-state index in [1.54, 1.807) is 0 Å². The van der Waals surface area contributed by atoms with Crippen LogP contribution in [-0.2, 0) is 15.8 Å². The van der Waals surface area contributed by atoms with Crippen molar-refractivity contribution in [3.63, 3.8) is 0 Å². The molecule has 5 nitrogen and oxygen atoms in total. The van der Waals surface area contributed by atoms with Crippen LogP contribution in [0.25, 0.3) is 0 Å². The summed E-state index contributed by atoms with van der Waals surface area (Å²) in [7, 11) is 0. The first kappa shape index (κ1) is 25.0. The Morgan fingerprint density at radius 1 is 1.21 bits per heavy atom. The monoisotopic (exact) mass is 501 g/mol. The van der Waals surface area contributed by atoms with E-state index in [1.807, 2.05) is 13.8 Å². The number of amidine groups is 1. The number of carbonyl (C=O) groups is 2. The number of amides is 2. The van der Waals surface area contributed by atoms with Crippen LogP contribution in [0.5, 0.6) is 0 Å². The van der Waals surface area contributed by atoms with Crippen LogP contribution in [0.15, 0.2) is 47.5 Å². The van der Waals surface area contributed by atoms with Crippen LogP contribution in [0.1, 0.15) is 25.8 Å². The summed E-state index contributed by atoms with van der Waals surface area (Å²) in [5, 5.41) is 1.86. The van der Waals surface area contributed by atoms with Gasteiger partial charge in [-0.25, -0.2) is 9.38 Å². The lowest BCUT2D eigenvalue weighted by molar-refractivity contribution is -0.137. The quantitative estimate of drug-likeness (QED) is 0.485. The second-order valence-electron chi connectivity index (χ2n) is 7.76. The number of hydrogen-bond acceptors (Lipinski definition) is 4. The number of thioether (sulfide) groups is 1. The topological polar surface area (TPSA) is 61.8 Å². The summed E-state index contributed by atoms with van der Waals surface area (Å²) in [6, 6.07) is 8.04. The zero-order valence-corrected chi connectivity index (χ0v) is 19.2. The number of nitrogens with one attached hydrogen (secondary N) is 1. The van der Waals surface area contributed by atoms with Crippen molar-refractivity contribution in [1.82, 2.24) is 4.90 Å². The van der Waals surface area contributed by atoms with Crippen LogP contribution in [0.4, 0.5) is 28.9 Å². The fourth-order valence-electron chi connectivity index (χ4n) is 3.05. The minimum Gasteiger partial charge on any atom is -0.325 e. The second kappa shape index (κ2) is 10.1. The lowest BCUT2D eigenvalue weighted by Crippen LogP contribution is -2.36. The minimum atomic E-state index is -4.59. The van der Waals surface area contributed by atoms with E-state index in [2.05, 4.69) is 10.3 Å². The van der Waals surface area contributed by atoms with E-state index >= 15 is 0 Å². The molecule has 3 rings (SSSR count). The Morgan fingerprint density at radius 2 is 1.88 bits per heavy atom. The van der Waals surface area contributed by atoms with Gasteiger partial charge in [0.2, 0.25) is 11.8 Å². The van der Waals surface area contributed by atoms with Crippen molar-refractivity contribution >= 4 is 51.7 Å². The lowest BCUT2D eigenvalue weighted by Gasteiger charge is -2.18. The smallest absolute Gasteiger partial charge is 0.325 e. The number of aliphatic imine (C=N–C) groups is 1. The minimum absolute atomic E-state index is 0.0539. The fourth-order valence-corrected chi connectivity index (χ4v) is 4.38. The maximum absolute atomic E-state index is 13.2. The van der Waals surface area contributed by atoms with Crippen LogP contribution < -0.4 is 5.32 Å². The largest absolute Gasteiger partial charge is 0.416 e. The van der Waals surface area contributed by atoms with Crippen molar-refractivity contribution in [3.05, 3.63) is 58.9 Å². The molecule has 1 saturated heterocycles.